The second-order valence-electron chi connectivity index (χ2n) is 1.90. The smallest absolute Gasteiger partial charge is 0.247 e. The van der Waals surface area contributed by atoms with E-state index in [2.05, 4.69) is 10.9 Å². The van der Waals surface area contributed by atoms with Gasteiger partial charge >= 0.3 is 0 Å². The molecule has 1 N–H and O–H groups in total. The van der Waals surface area contributed by atoms with E-state index in [4.69, 9.17) is 6.42 Å². The van der Waals surface area contributed by atoms with Gasteiger partial charge in [-0.25, -0.2) is 9.55 Å². The summed E-state index contributed by atoms with van der Waals surface area (Å²) in [5.74, 6) is 3.63. The minimum atomic E-state index is 0.670. The Labute approximate surface area is 54.5 Å². The van der Waals surface area contributed by atoms with E-state index >= 15 is 0 Å². The van der Waals surface area contributed by atoms with Crippen LogP contribution in [0.15, 0.2) is 12.4 Å². The van der Waals surface area contributed by atoms with Crippen molar-refractivity contribution in [2.24, 2.45) is 7.05 Å². The Hall–Kier alpha value is -1.23. The topological polar surface area (TPSA) is 19.7 Å². The Bertz CT molecular complexity index is 229. The average Bonchev–Trinajstić information content (AvgIpc) is 2.18. The lowest BCUT2D eigenvalue weighted by molar-refractivity contribution is -0.677. The molecule has 0 atom stereocenters. The normalized spacial score (nSPS) is 8.89. The maximum absolute atomic E-state index is 5.11. The first-order valence-corrected chi connectivity index (χ1v) is 2.80. The van der Waals surface area contributed by atoms with E-state index in [0.29, 0.717) is 6.42 Å². The lowest BCUT2D eigenvalue weighted by atomic mass is 10.4. The van der Waals surface area contributed by atoms with E-state index in [1.807, 2.05) is 24.0 Å². The van der Waals surface area contributed by atoms with Gasteiger partial charge in [-0.3, -0.25) is 0 Å². The third-order valence-electron chi connectivity index (χ3n) is 1.24. The van der Waals surface area contributed by atoms with Crippen LogP contribution in [-0.2, 0) is 13.5 Å². The van der Waals surface area contributed by atoms with E-state index in [0.717, 1.165) is 5.82 Å². The van der Waals surface area contributed by atoms with Gasteiger partial charge in [-0.05, 0) is 0 Å². The second kappa shape index (κ2) is 2.36. The molecule has 0 aliphatic rings. The molecule has 2 heteroatoms. The molecule has 1 rings (SSSR count). The zero-order chi connectivity index (χ0) is 6.69. The first kappa shape index (κ1) is 5.90. The van der Waals surface area contributed by atoms with Gasteiger partial charge < -0.3 is 0 Å². The maximum Gasteiger partial charge on any atom is 0.266 e. The number of terminal acetylenes is 1. The van der Waals surface area contributed by atoms with Gasteiger partial charge in [0.25, 0.3) is 5.82 Å². The molecular formula is C7H9N2+. The van der Waals surface area contributed by atoms with Crippen LogP contribution in [0.25, 0.3) is 0 Å². The fourth-order valence-corrected chi connectivity index (χ4v) is 0.709. The molecule has 46 valence electrons. The summed E-state index contributed by atoms with van der Waals surface area (Å²) in [6, 6.07) is 0. The third kappa shape index (κ3) is 1.11. The molecule has 0 saturated carbocycles. The van der Waals surface area contributed by atoms with E-state index < -0.39 is 0 Å². The van der Waals surface area contributed by atoms with Crippen LogP contribution in [0.2, 0.25) is 0 Å². The van der Waals surface area contributed by atoms with E-state index in [1.165, 1.54) is 0 Å². The number of H-pyrrole nitrogens is 1. The summed E-state index contributed by atoms with van der Waals surface area (Å²) >= 11 is 0. The van der Waals surface area contributed by atoms with Crippen LogP contribution in [0.1, 0.15) is 5.82 Å². The zero-order valence-electron chi connectivity index (χ0n) is 5.39. The number of hydrogen-bond acceptors (Lipinski definition) is 0. The first-order chi connectivity index (χ1) is 4.34. The highest BCUT2D eigenvalue weighted by Gasteiger charge is 2.01. The molecule has 0 unspecified atom stereocenters. The van der Waals surface area contributed by atoms with Crippen molar-refractivity contribution in [3.8, 4) is 12.3 Å². The summed E-state index contributed by atoms with van der Waals surface area (Å²) in [7, 11) is 1.96. The molecule has 0 radical (unpaired) electrons. The van der Waals surface area contributed by atoms with Gasteiger partial charge in [0.15, 0.2) is 0 Å². The van der Waals surface area contributed by atoms with Crippen LogP contribution in [-0.4, -0.2) is 4.98 Å². The monoisotopic (exact) mass is 121 g/mol. The van der Waals surface area contributed by atoms with Gasteiger partial charge in [0, 0.05) is 0 Å². The summed E-state index contributed by atoms with van der Waals surface area (Å²) < 4.78 is 1.97. The highest BCUT2D eigenvalue weighted by atomic mass is 15.0. The summed E-state index contributed by atoms with van der Waals surface area (Å²) in [5, 5.41) is 0. The SMILES string of the molecule is C#CCc1[nH]cc[n+]1C. The molecule has 0 amide bonds. The van der Waals surface area contributed by atoms with Crippen molar-refractivity contribution >= 4 is 0 Å². The van der Waals surface area contributed by atoms with Gasteiger partial charge in [-0.15, -0.1) is 6.42 Å². The maximum atomic E-state index is 5.11. The molecule has 0 aromatic carbocycles. The Kier molecular flexibility index (Phi) is 1.55. The predicted molar refractivity (Wildman–Crippen MR) is 34.5 cm³/mol. The fraction of sp³-hybridized carbons (Fsp3) is 0.286. The Morgan fingerprint density at radius 1 is 1.89 bits per heavy atom. The Morgan fingerprint density at radius 3 is 3.11 bits per heavy atom. The largest absolute Gasteiger partial charge is 0.266 e. The number of aryl methyl sites for hydroxylation is 1. The lowest BCUT2D eigenvalue weighted by Crippen LogP contribution is -2.29. The van der Waals surface area contributed by atoms with Crippen molar-refractivity contribution in [3.05, 3.63) is 18.2 Å². The minimum Gasteiger partial charge on any atom is -0.247 e. The number of rotatable bonds is 1. The van der Waals surface area contributed by atoms with Crippen LogP contribution in [0.3, 0.4) is 0 Å². The van der Waals surface area contributed by atoms with Gasteiger partial charge in [-0.2, -0.15) is 0 Å². The molecular weight excluding hydrogens is 112 g/mol. The first-order valence-electron chi connectivity index (χ1n) is 2.80. The Balaban J connectivity index is 2.84. The van der Waals surface area contributed by atoms with Crippen molar-refractivity contribution in [1.82, 2.24) is 4.98 Å². The predicted octanol–water partition coefficient (Wildman–Crippen LogP) is 0.0149. The number of aromatic nitrogens is 2. The van der Waals surface area contributed by atoms with Crippen molar-refractivity contribution in [2.45, 2.75) is 6.42 Å². The van der Waals surface area contributed by atoms with E-state index in [-0.39, 0.29) is 0 Å². The second-order valence-corrected chi connectivity index (χ2v) is 1.90. The minimum absolute atomic E-state index is 0.670. The summed E-state index contributed by atoms with van der Waals surface area (Å²) in [6.45, 7) is 0. The van der Waals surface area contributed by atoms with Crippen molar-refractivity contribution in [1.29, 1.82) is 0 Å². The molecule has 1 heterocycles. The molecule has 1 aromatic rings. The number of aromatic amines is 1. The van der Waals surface area contributed by atoms with Crippen LogP contribution >= 0.6 is 0 Å². The van der Waals surface area contributed by atoms with Crippen LogP contribution < -0.4 is 4.57 Å². The standard InChI is InChI=1S/C7H8N2/c1-3-4-7-8-5-6-9(7)2/h1,5-6H,4H2,2H3/p+1. The number of imidazole rings is 1. The number of hydrogen-bond donors (Lipinski definition) is 1. The highest BCUT2D eigenvalue weighted by Crippen LogP contribution is 1.83. The molecule has 2 nitrogen and oxygen atoms in total. The molecule has 0 saturated heterocycles. The van der Waals surface area contributed by atoms with Crippen molar-refractivity contribution < 1.29 is 4.57 Å². The Morgan fingerprint density at radius 2 is 2.67 bits per heavy atom. The van der Waals surface area contributed by atoms with Crippen LogP contribution in [0.5, 0.6) is 0 Å². The molecule has 9 heavy (non-hydrogen) atoms. The highest BCUT2D eigenvalue weighted by molar-refractivity contribution is 4.95. The van der Waals surface area contributed by atoms with Gasteiger partial charge in [-0.1, -0.05) is 5.92 Å². The van der Waals surface area contributed by atoms with Gasteiger partial charge in [0.05, 0.1) is 7.05 Å². The van der Waals surface area contributed by atoms with E-state index in [9.17, 15) is 0 Å². The van der Waals surface area contributed by atoms with Crippen LogP contribution in [0, 0.1) is 12.3 Å². The van der Waals surface area contributed by atoms with Crippen LogP contribution in [0.4, 0.5) is 0 Å². The van der Waals surface area contributed by atoms with Crippen molar-refractivity contribution in [2.75, 3.05) is 0 Å². The quantitative estimate of drug-likeness (QED) is 0.399. The summed E-state index contributed by atoms with van der Waals surface area (Å²) in [5.41, 5.74) is 0. The summed E-state index contributed by atoms with van der Waals surface area (Å²) in [4.78, 5) is 3.03. The average molecular weight is 121 g/mol. The number of nitrogens with one attached hydrogen (secondary N) is 1. The molecule has 0 bridgehead atoms. The molecule has 0 aliphatic carbocycles. The fourth-order valence-electron chi connectivity index (χ4n) is 0.709. The third-order valence-corrected chi connectivity index (χ3v) is 1.24. The van der Waals surface area contributed by atoms with E-state index in [1.54, 1.807) is 0 Å². The molecule has 0 aliphatic heterocycles. The van der Waals surface area contributed by atoms with Gasteiger partial charge in [0.2, 0.25) is 0 Å². The molecule has 0 fully saturated rings. The number of nitrogens with zero attached hydrogens (tertiary/aromatic N) is 1. The zero-order valence-corrected chi connectivity index (χ0v) is 5.39. The lowest BCUT2D eigenvalue weighted by Gasteiger charge is -1.83. The molecule has 0 spiro atoms. The summed E-state index contributed by atoms with van der Waals surface area (Å²) in [6.07, 6.45) is 9.58. The van der Waals surface area contributed by atoms with Gasteiger partial charge in [0.1, 0.15) is 18.8 Å². The van der Waals surface area contributed by atoms with Crippen molar-refractivity contribution in [3.63, 3.8) is 0 Å². The molecule has 1 aromatic heterocycles.